The minimum Gasteiger partial charge on any atom is -0.362 e. The molecule has 1 spiro atoms. The molecule has 0 amide bonds. The van der Waals surface area contributed by atoms with Gasteiger partial charge in [0.15, 0.2) is 9.84 Å². The maximum Gasteiger partial charge on any atom is 0.165 e. The number of halogens is 1. The highest BCUT2D eigenvalue weighted by atomic mass is 35.5. The average molecular weight is 407 g/mol. The normalized spacial score (nSPS) is 25.5. The van der Waals surface area contributed by atoms with Crippen molar-refractivity contribution in [3.63, 3.8) is 0 Å². The molecular weight excluding hydrogens is 392 g/mol. The molecular formula is C17H15ClN4O2S2. The Morgan fingerprint density at radius 1 is 1.38 bits per heavy atom. The van der Waals surface area contributed by atoms with Gasteiger partial charge in [-0.2, -0.15) is 5.26 Å². The lowest BCUT2D eigenvalue weighted by molar-refractivity contribution is 0.462. The van der Waals surface area contributed by atoms with Gasteiger partial charge in [0.05, 0.1) is 21.9 Å². The molecule has 0 radical (unpaired) electrons. The fourth-order valence-electron chi connectivity index (χ4n) is 3.42. The third kappa shape index (κ3) is 2.46. The summed E-state index contributed by atoms with van der Waals surface area (Å²) in [7, 11) is -3.43. The highest BCUT2D eigenvalue weighted by molar-refractivity contribution is 7.94. The van der Waals surface area contributed by atoms with E-state index in [-0.39, 0.29) is 11.6 Å². The van der Waals surface area contributed by atoms with E-state index in [1.54, 1.807) is 25.3 Å². The van der Waals surface area contributed by atoms with E-state index in [0.717, 1.165) is 10.4 Å². The lowest BCUT2D eigenvalue weighted by atomic mass is 10.0. The summed E-state index contributed by atoms with van der Waals surface area (Å²) in [5, 5.41) is 20.8. The van der Waals surface area contributed by atoms with Gasteiger partial charge >= 0.3 is 0 Å². The third-order valence-corrected chi connectivity index (χ3v) is 9.59. The standard InChI is InChI=1S/C17H15ClN4O2S2/c1-16(9-26(23,24)17(2-3-17)15(20)22-16)14-12(18)5-13(25-14)11-4-10(6-19)7-21-8-11/h4-5,7-8H,2-3,9H2,1H3,(H2,20,22)/t16-/m0/s1. The molecule has 134 valence electrons. The molecule has 1 atom stereocenters. The second kappa shape index (κ2) is 5.52. The number of hydrogen-bond acceptors (Lipinski definition) is 6. The third-order valence-electron chi connectivity index (χ3n) is 4.97. The van der Waals surface area contributed by atoms with Crippen molar-refractivity contribution in [3.05, 3.63) is 40.0 Å². The molecule has 2 fully saturated rings. The van der Waals surface area contributed by atoms with Gasteiger partial charge in [-0.3, -0.25) is 10.4 Å². The van der Waals surface area contributed by atoms with Crippen LogP contribution in [0.2, 0.25) is 5.02 Å². The van der Waals surface area contributed by atoms with Gasteiger partial charge in [-0.15, -0.1) is 11.3 Å². The Kier molecular flexibility index (Phi) is 3.71. The number of thiophene rings is 1. The van der Waals surface area contributed by atoms with Gasteiger partial charge in [0, 0.05) is 27.7 Å². The summed E-state index contributed by atoms with van der Waals surface area (Å²) < 4.78 is 24.5. The number of aromatic nitrogens is 1. The van der Waals surface area contributed by atoms with E-state index < -0.39 is 20.1 Å². The van der Waals surface area contributed by atoms with Gasteiger partial charge in [-0.1, -0.05) is 11.6 Å². The van der Waals surface area contributed by atoms with Crippen molar-refractivity contribution in [3.8, 4) is 16.5 Å². The van der Waals surface area contributed by atoms with E-state index in [9.17, 15) is 8.42 Å². The fraction of sp³-hybridized carbons (Fsp3) is 0.353. The zero-order valence-electron chi connectivity index (χ0n) is 13.8. The number of amidine groups is 1. The zero-order valence-corrected chi connectivity index (χ0v) is 16.2. The van der Waals surface area contributed by atoms with E-state index in [1.807, 2.05) is 0 Å². The number of pyridine rings is 1. The topological polar surface area (TPSA) is 107 Å². The number of nitrogens with zero attached hydrogens (tertiary/aromatic N) is 2. The van der Waals surface area contributed by atoms with Crippen LogP contribution in [0.3, 0.4) is 0 Å². The van der Waals surface area contributed by atoms with Gasteiger partial charge in [-0.05, 0) is 31.9 Å². The Balaban J connectivity index is 1.76. The number of hydrogen-bond donors (Lipinski definition) is 2. The smallest absolute Gasteiger partial charge is 0.165 e. The molecule has 1 saturated carbocycles. The highest BCUT2D eigenvalue weighted by Gasteiger charge is 2.63. The van der Waals surface area contributed by atoms with Crippen molar-refractivity contribution in [1.82, 2.24) is 10.3 Å². The molecule has 0 aromatic carbocycles. The Bertz CT molecular complexity index is 1080. The Morgan fingerprint density at radius 2 is 2.12 bits per heavy atom. The van der Waals surface area contributed by atoms with Crippen LogP contribution in [-0.2, 0) is 15.4 Å². The Labute approximate surface area is 160 Å². The Morgan fingerprint density at radius 3 is 2.73 bits per heavy atom. The zero-order chi connectivity index (χ0) is 18.7. The second-order valence-corrected chi connectivity index (χ2v) is 10.7. The Hall–Kier alpha value is -1.95. The van der Waals surface area contributed by atoms with Crippen LogP contribution >= 0.6 is 22.9 Å². The van der Waals surface area contributed by atoms with Crippen LogP contribution in [0.15, 0.2) is 24.5 Å². The minimum atomic E-state index is -3.43. The number of nitrogens with one attached hydrogen (secondary N) is 2. The molecule has 2 N–H and O–H groups in total. The molecule has 2 aliphatic rings. The van der Waals surface area contributed by atoms with Crippen molar-refractivity contribution in [2.75, 3.05) is 5.75 Å². The molecule has 1 saturated heterocycles. The van der Waals surface area contributed by atoms with Gasteiger partial charge in [0.2, 0.25) is 0 Å². The van der Waals surface area contributed by atoms with E-state index >= 15 is 0 Å². The summed E-state index contributed by atoms with van der Waals surface area (Å²) in [4.78, 5) is 5.52. The van der Waals surface area contributed by atoms with Crippen LogP contribution in [-0.4, -0.2) is 29.7 Å². The van der Waals surface area contributed by atoms with Crippen molar-refractivity contribution in [2.24, 2.45) is 0 Å². The molecule has 1 aliphatic heterocycles. The van der Waals surface area contributed by atoms with E-state index in [0.29, 0.717) is 28.3 Å². The summed E-state index contributed by atoms with van der Waals surface area (Å²) in [6, 6.07) is 5.52. The van der Waals surface area contributed by atoms with Crippen LogP contribution < -0.4 is 5.32 Å². The molecule has 1 aliphatic carbocycles. The molecule has 9 heteroatoms. The largest absolute Gasteiger partial charge is 0.362 e. The summed E-state index contributed by atoms with van der Waals surface area (Å²) >= 11 is 7.79. The maximum atomic E-state index is 12.8. The molecule has 3 heterocycles. The van der Waals surface area contributed by atoms with Crippen LogP contribution in [0.4, 0.5) is 0 Å². The number of sulfone groups is 1. The number of nitriles is 1. The molecule has 6 nitrogen and oxygen atoms in total. The molecule has 26 heavy (non-hydrogen) atoms. The summed E-state index contributed by atoms with van der Waals surface area (Å²) in [5.74, 6) is -0.0381. The first-order valence-electron chi connectivity index (χ1n) is 7.96. The van der Waals surface area contributed by atoms with Crippen molar-refractivity contribution in [1.29, 1.82) is 10.7 Å². The van der Waals surface area contributed by atoms with Crippen LogP contribution in [0.1, 0.15) is 30.2 Å². The second-order valence-electron chi connectivity index (χ2n) is 6.95. The molecule has 2 aromatic heterocycles. The summed E-state index contributed by atoms with van der Waals surface area (Å²) in [6.07, 6.45) is 4.13. The lowest BCUT2D eigenvalue weighted by Crippen LogP contribution is -2.60. The molecule has 4 rings (SSSR count). The van der Waals surface area contributed by atoms with E-state index in [4.69, 9.17) is 22.3 Å². The first-order chi connectivity index (χ1) is 12.2. The summed E-state index contributed by atoms with van der Waals surface area (Å²) in [5.41, 5.74) is 0.234. The van der Waals surface area contributed by atoms with Crippen LogP contribution in [0, 0.1) is 16.7 Å². The lowest BCUT2D eigenvalue weighted by Gasteiger charge is -2.39. The van der Waals surface area contributed by atoms with E-state index in [1.165, 1.54) is 17.5 Å². The molecule has 2 aromatic rings. The monoisotopic (exact) mass is 406 g/mol. The van der Waals surface area contributed by atoms with Crippen molar-refractivity contribution in [2.45, 2.75) is 30.1 Å². The molecule has 0 unspecified atom stereocenters. The van der Waals surface area contributed by atoms with Crippen LogP contribution in [0.25, 0.3) is 10.4 Å². The number of rotatable bonds is 2. The van der Waals surface area contributed by atoms with Gasteiger partial charge in [0.1, 0.15) is 16.7 Å². The van der Waals surface area contributed by atoms with Crippen molar-refractivity contribution >= 4 is 38.6 Å². The molecule has 0 bridgehead atoms. The van der Waals surface area contributed by atoms with E-state index in [2.05, 4.69) is 16.4 Å². The van der Waals surface area contributed by atoms with Gasteiger partial charge in [-0.25, -0.2) is 8.42 Å². The van der Waals surface area contributed by atoms with Crippen molar-refractivity contribution < 1.29 is 8.42 Å². The maximum absolute atomic E-state index is 12.8. The SMILES string of the molecule is C[C@@]1(c2sc(-c3cncc(C#N)c3)cc2Cl)CS(=O)(=O)C2(CC2)C(=N)N1. The summed E-state index contributed by atoms with van der Waals surface area (Å²) in [6.45, 7) is 1.76. The minimum absolute atomic E-state index is 0.0606. The average Bonchev–Trinajstić information content (AvgIpc) is 3.31. The quantitative estimate of drug-likeness (QED) is 0.796. The predicted molar refractivity (Wildman–Crippen MR) is 101 cm³/mol. The van der Waals surface area contributed by atoms with Crippen LogP contribution in [0.5, 0.6) is 0 Å². The highest BCUT2D eigenvalue weighted by Crippen LogP contribution is 2.51. The first kappa shape index (κ1) is 17.5. The fourth-order valence-corrected chi connectivity index (χ4v) is 7.48. The first-order valence-corrected chi connectivity index (χ1v) is 10.8. The predicted octanol–water partition coefficient (Wildman–Crippen LogP) is 3.08. The van der Waals surface area contributed by atoms with Gasteiger partial charge in [0.25, 0.3) is 0 Å². The van der Waals surface area contributed by atoms with Gasteiger partial charge < -0.3 is 5.32 Å².